The first kappa shape index (κ1) is 9.37. The van der Waals surface area contributed by atoms with Crippen LogP contribution in [0.2, 0.25) is 0 Å². The first-order valence-electron chi connectivity index (χ1n) is 4.66. The summed E-state index contributed by atoms with van der Waals surface area (Å²) in [4.78, 5) is 0. The number of aliphatic hydroxyl groups excluding tert-OH is 1. The average molecular weight is 166 g/mol. The highest BCUT2D eigenvalue weighted by molar-refractivity contribution is 5.28. The summed E-state index contributed by atoms with van der Waals surface area (Å²) >= 11 is 0. The second-order valence-corrected chi connectivity index (χ2v) is 4.14. The lowest BCUT2D eigenvalue weighted by atomic mass is 9.76. The Morgan fingerprint density at radius 3 is 2.75 bits per heavy atom. The Morgan fingerprint density at radius 2 is 2.17 bits per heavy atom. The van der Waals surface area contributed by atoms with E-state index < -0.39 is 0 Å². The molecule has 1 nitrogen and oxygen atoms in total. The predicted octanol–water partition coefficient (Wildman–Crippen LogP) is 3.58. The van der Waals surface area contributed by atoms with E-state index in [4.69, 9.17) is 0 Å². The maximum Gasteiger partial charge on any atom is 0.111 e. The molecule has 0 saturated heterocycles. The molecule has 1 rings (SSSR count). The van der Waals surface area contributed by atoms with E-state index >= 15 is 0 Å². The summed E-state index contributed by atoms with van der Waals surface area (Å²) in [6.45, 7) is 6.64. The lowest BCUT2D eigenvalue weighted by Gasteiger charge is -2.29. The normalized spacial score (nSPS) is 21.6. The van der Waals surface area contributed by atoms with Gasteiger partial charge in [-0.3, -0.25) is 0 Å². The van der Waals surface area contributed by atoms with Gasteiger partial charge in [0.15, 0.2) is 0 Å². The third-order valence-electron chi connectivity index (χ3n) is 2.53. The summed E-state index contributed by atoms with van der Waals surface area (Å²) < 4.78 is 0. The molecule has 0 saturated carbocycles. The quantitative estimate of drug-likeness (QED) is 0.664. The highest BCUT2D eigenvalue weighted by atomic mass is 16.3. The zero-order chi connectivity index (χ0) is 9.19. The fraction of sp³-hybridized carbons (Fsp3) is 0.636. The van der Waals surface area contributed by atoms with Crippen molar-refractivity contribution in [1.82, 2.24) is 0 Å². The summed E-state index contributed by atoms with van der Waals surface area (Å²) in [5, 5.41) is 9.32. The van der Waals surface area contributed by atoms with Crippen LogP contribution in [0.4, 0.5) is 0 Å². The molecular weight excluding hydrogens is 148 g/mol. The monoisotopic (exact) mass is 166 g/mol. The second-order valence-electron chi connectivity index (χ2n) is 4.14. The van der Waals surface area contributed by atoms with Crippen molar-refractivity contribution in [2.45, 2.75) is 40.0 Å². The van der Waals surface area contributed by atoms with Crippen LogP contribution in [0.15, 0.2) is 23.5 Å². The molecule has 12 heavy (non-hydrogen) atoms. The van der Waals surface area contributed by atoms with Crippen LogP contribution in [0.1, 0.15) is 40.0 Å². The van der Waals surface area contributed by atoms with Crippen molar-refractivity contribution in [3.8, 4) is 0 Å². The van der Waals surface area contributed by atoms with Gasteiger partial charge in [-0.1, -0.05) is 32.8 Å². The van der Waals surface area contributed by atoms with Gasteiger partial charge in [-0.25, -0.2) is 0 Å². The summed E-state index contributed by atoms with van der Waals surface area (Å²) in [6, 6.07) is 0. The Balaban J connectivity index is 2.81. The van der Waals surface area contributed by atoms with Crippen LogP contribution >= 0.6 is 0 Å². The molecule has 0 aromatic rings. The van der Waals surface area contributed by atoms with Gasteiger partial charge < -0.3 is 5.11 Å². The molecule has 0 fully saturated rings. The number of hydrogen-bond donors (Lipinski definition) is 1. The van der Waals surface area contributed by atoms with Crippen molar-refractivity contribution in [3.63, 3.8) is 0 Å². The average Bonchev–Trinajstić information content (AvgIpc) is 1.98. The summed E-state index contributed by atoms with van der Waals surface area (Å²) in [7, 11) is 0. The van der Waals surface area contributed by atoms with E-state index in [1.807, 2.05) is 12.2 Å². The Bertz CT molecular complexity index is 221. The van der Waals surface area contributed by atoms with E-state index in [-0.39, 0.29) is 5.41 Å². The molecule has 0 aromatic carbocycles. The van der Waals surface area contributed by atoms with Crippen LogP contribution < -0.4 is 0 Å². The Labute approximate surface area is 74.8 Å². The molecule has 0 aliphatic heterocycles. The summed E-state index contributed by atoms with van der Waals surface area (Å²) in [5.74, 6) is 0.442. The van der Waals surface area contributed by atoms with Gasteiger partial charge >= 0.3 is 0 Å². The van der Waals surface area contributed by atoms with Crippen molar-refractivity contribution < 1.29 is 5.11 Å². The van der Waals surface area contributed by atoms with Crippen LogP contribution in [-0.4, -0.2) is 5.11 Å². The number of hydrogen-bond acceptors (Lipinski definition) is 1. The molecular formula is C11H18O. The zero-order valence-electron chi connectivity index (χ0n) is 8.22. The zero-order valence-corrected chi connectivity index (χ0v) is 8.22. The Hall–Kier alpha value is -0.720. The van der Waals surface area contributed by atoms with Gasteiger partial charge in [-0.05, 0) is 30.4 Å². The van der Waals surface area contributed by atoms with Gasteiger partial charge in [0.1, 0.15) is 5.76 Å². The standard InChI is InChI=1S/C11H18O/c1-4-5-9-8-10(12)6-7-11(9,2)3/h6,8,12H,4-5,7H2,1-3H3. The van der Waals surface area contributed by atoms with E-state index in [1.165, 1.54) is 5.57 Å². The van der Waals surface area contributed by atoms with Gasteiger partial charge in [-0.2, -0.15) is 0 Å². The fourth-order valence-corrected chi connectivity index (χ4v) is 1.60. The smallest absolute Gasteiger partial charge is 0.111 e. The molecule has 0 amide bonds. The van der Waals surface area contributed by atoms with Crippen LogP contribution in [0.25, 0.3) is 0 Å². The van der Waals surface area contributed by atoms with Gasteiger partial charge in [0.25, 0.3) is 0 Å². The molecule has 1 aliphatic rings. The largest absolute Gasteiger partial charge is 0.508 e. The van der Waals surface area contributed by atoms with Crippen LogP contribution in [0.3, 0.4) is 0 Å². The summed E-state index contributed by atoms with van der Waals surface area (Å²) in [5.41, 5.74) is 1.63. The fourth-order valence-electron chi connectivity index (χ4n) is 1.60. The molecule has 1 N–H and O–H groups in total. The van der Waals surface area contributed by atoms with Gasteiger partial charge in [0.2, 0.25) is 0 Å². The van der Waals surface area contributed by atoms with E-state index in [1.54, 1.807) is 0 Å². The van der Waals surface area contributed by atoms with Crippen molar-refractivity contribution in [2.75, 3.05) is 0 Å². The van der Waals surface area contributed by atoms with Crippen molar-refractivity contribution in [3.05, 3.63) is 23.5 Å². The van der Waals surface area contributed by atoms with Crippen molar-refractivity contribution in [2.24, 2.45) is 5.41 Å². The predicted molar refractivity (Wildman–Crippen MR) is 52.1 cm³/mol. The lowest BCUT2D eigenvalue weighted by molar-refractivity contribution is 0.377. The highest BCUT2D eigenvalue weighted by Gasteiger charge is 2.24. The molecule has 0 heterocycles. The minimum atomic E-state index is 0.252. The number of rotatable bonds is 2. The van der Waals surface area contributed by atoms with Gasteiger partial charge in [0.05, 0.1) is 0 Å². The maximum atomic E-state index is 9.32. The van der Waals surface area contributed by atoms with E-state index in [2.05, 4.69) is 20.8 Å². The van der Waals surface area contributed by atoms with Gasteiger partial charge in [-0.15, -0.1) is 0 Å². The third-order valence-corrected chi connectivity index (χ3v) is 2.53. The summed E-state index contributed by atoms with van der Waals surface area (Å²) in [6.07, 6.45) is 7.05. The third kappa shape index (κ3) is 1.90. The lowest BCUT2D eigenvalue weighted by Crippen LogP contribution is -2.17. The molecule has 0 bridgehead atoms. The minimum absolute atomic E-state index is 0.252. The Kier molecular flexibility index (Phi) is 2.61. The van der Waals surface area contributed by atoms with Crippen LogP contribution in [0.5, 0.6) is 0 Å². The molecule has 0 radical (unpaired) electrons. The maximum absolute atomic E-state index is 9.32. The van der Waals surface area contributed by atoms with E-state index in [0.717, 1.165) is 19.3 Å². The first-order chi connectivity index (χ1) is 5.56. The van der Waals surface area contributed by atoms with Crippen LogP contribution in [0, 0.1) is 5.41 Å². The van der Waals surface area contributed by atoms with Gasteiger partial charge in [0, 0.05) is 0 Å². The molecule has 0 spiro atoms. The minimum Gasteiger partial charge on any atom is -0.508 e. The Morgan fingerprint density at radius 1 is 1.50 bits per heavy atom. The second kappa shape index (κ2) is 3.34. The van der Waals surface area contributed by atoms with Crippen LogP contribution in [-0.2, 0) is 0 Å². The first-order valence-corrected chi connectivity index (χ1v) is 4.66. The van der Waals surface area contributed by atoms with E-state index in [0.29, 0.717) is 5.76 Å². The topological polar surface area (TPSA) is 20.2 Å². The molecule has 1 aliphatic carbocycles. The molecule has 0 unspecified atom stereocenters. The number of allylic oxidation sites excluding steroid dienone is 3. The molecule has 1 heteroatoms. The molecule has 68 valence electrons. The SMILES string of the molecule is CCCC1=CC(O)=CCC1(C)C. The van der Waals surface area contributed by atoms with E-state index in [9.17, 15) is 5.11 Å². The highest BCUT2D eigenvalue weighted by Crippen LogP contribution is 2.37. The number of aliphatic hydroxyl groups is 1. The van der Waals surface area contributed by atoms with Crippen molar-refractivity contribution in [1.29, 1.82) is 0 Å². The molecule has 0 aromatic heterocycles. The molecule has 0 atom stereocenters. The van der Waals surface area contributed by atoms with Crippen molar-refractivity contribution >= 4 is 0 Å².